The van der Waals surface area contributed by atoms with Gasteiger partial charge in [-0.1, -0.05) is 54.4 Å². The predicted molar refractivity (Wildman–Crippen MR) is 159 cm³/mol. The average Bonchev–Trinajstić information content (AvgIpc) is 2.96. The first-order valence-corrected chi connectivity index (χ1v) is 14.0. The van der Waals surface area contributed by atoms with Crippen molar-refractivity contribution in [2.45, 2.75) is 38.6 Å². The highest BCUT2D eigenvalue weighted by Crippen LogP contribution is 2.25. The third-order valence-corrected chi connectivity index (χ3v) is 7.26. The Bertz CT molecular complexity index is 1300. The fraction of sp³-hybridized carbons (Fsp3) is 0.323. The molecule has 4 N–H and O–H groups in total. The van der Waals surface area contributed by atoms with Gasteiger partial charge in [0, 0.05) is 31.1 Å². The lowest BCUT2D eigenvalue weighted by Gasteiger charge is -2.30. The number of hydrogen-bond acceptors (Lipinski definition) is 5. The number of nitrogens with zero attached hydrogens (tertiary/aromatic N) is 3. The number of rotatable bonds is 11. The number of piperidine rings is 1. The molecule has 9 heteroatoms. The molecular formula is C31H36ClN5O3. The molecule has 0 spiro atoms. The lowest BCUT2D eigenvalue weighted by Crippen LogP contribution is -2.40. The van der Waals surface area contributed by atoms with Crippen LogP contribution < -0.4 is 16.2 Å². The minimum Gasteiger partial charge on any atom is -0.423 e. The molecule has 0 radical (unpaired) electrons. The highest BCUT2D eigenvalue weighted by molar-refractivity contribution is 6.31. The summed E-state index contributed by atoms with van der Waals surface area (Å²) in [6.07, 6.45) is 4.57. The topological polar surface area (TPSA) is 114 Å². The van der Waals surface area contributed by atoms with Gasteiger partial charge in [-0.15, -0.1) is 0 Å². The Balaban J connectivity index is 1.34. The van der Waals surface area contributed by atoms with E-state index in [4.69, 9.17) is 27.8 Å². The molecule has 0 bridgehead atoms. The van der Waals surface area contributed by atoms with Crippen LogP contribution in [0.4, 0.5) is 5.69 Å². The number of esters is 1. The number of ether oxygens (including phenoxy) is 1. The Hall–Kier alpha value is -3.88. The summed E-state index contributed by atoms with van der Waals surface area (Å²) < 4.78 is 5.49. The monoisotopic (exact) mass is 561 g/mol. The molecule has 4 rings (SSSR count). The smallest absolute Gasteiger partial charge is 0.343 e. The number of likely N-dealkylation sites (tertiary alicyclic amines) is 1. The fourth-order valence-electron chi connectivity index (χ4n) is 4.72. The number of benzene rings is 3. The van der Waals surface area contributed by atoms with Gasteiger partial charge in [-0.25, -0.2) is 9.79 Å². The SMILES string of the molecule is NC(N)=Nc1ccc(C(=O)Oc2ccc(CCC(=O)N(CCN3CCCCC3)Cc3ccccc3)c(Cl)c2)cc1. The molecule has 0 atom stereocenters. The van der Waals surface area contributed by atoms with Crippen LogP contribution in [0.1, 0.15) is 47.2 Å². The summed E-state index contributed by atoms with van der Waals surface area (Å²) in [4.78, 5) is 34.2. The number of carbonyl (C=O) groups is 2. The van der Waals surface area contributed by atoms with Gasteiger partial charge in [0.1, 0.15) is 5.75 Å². The normalized spacial score (nSPS) is 13.4. The molecule has 3 aromatic carbocycles. The first kappa shape index (κ1) is 29.1. The van der Waals surface area contributed by atoms with Crippen molar-refractivity contribution >= 4 is 35.1 Å². The molecule has 0 saturated carbocycles. The van der Waals surface area contributed by atoms with Crippen molar-refractivity contribution in [3.05, 3.63) is 94.5 Å². The van der Waals surface area contributed by atoms with Crippen LogP contribution in [0.2, 0.25) is 5.02 Å². The van der Waals surface area contributed by atoms with Gasteiger partial charge in [-0.2, -0.15) is 0 Å². The van der Waals surface area contributed by atoms with Crippen LogP contribution in [0, 0.1) is 0 Å². The average molecular weight is 562 g/mol. The first-order valence-electron chi connectivity index (χ1n) is 13.6. The number of halogens is 1. The van der Waals surface area contributed by atoms with Crippen LogP contribution in [0.3, 0.4) is 0 Å². The van der Waals surface area contributed by atoms with Crippen LogP contribution in [-0.2, 0) is 17.8 Å². The van der Waals surface area contributed by atoms with Gasteiger partial charge >= 0.3 is 5.97 Å². The summed E-state index contributed by atoms with van der Waals surface area (Å²) in [5.74, 6) is -0.171. The van der Waals surface area contributed by atoms with Crippen molar-refractivity contribution in [2.75, 3.05) is 26.2 Å². The van der Waals surface area contributed by atoms with Crippen molar-refractivity contribution in [3.8, 4) is 5.75 Å². The third kappa shape index (κ3) is 8.83. The standard InChI is InChI=1S/C31H36ClN5O3/c32-28-21-27(40-30(39)25-9-13-26(14-10-25)35-31(33)34)15-11-24(28)12-16-29(38)37(22-23-7-3-1-4-8-23)20-19-36-17-5-2-6-18-36/h1,3-4,7-11,13-15,21H,2,5-6,12,16-20,22H2,(H4,33,34,35). The second-order valence-corrected chi connectivity index (χ2v) is 10.3. The van der Waals surface area contributed by atoms with Crippen molar-refractivity contribution in [2.24, 2.45) is 16.5 Å². The van der Waals surface area contributed by atoms with E-state index in [9.17, 15) is 9.59 Å². The Morgan fingerprint density at radius 1 is 0.950 bits per heavy atom. The van der Waals surface area contributed by atoms with Gasteiger partial charge in [0.15, 0.2) is 5.96 Å². The van der Waals surface area contributed by atoms with E-state index in [1.54, 1.807) is 42.5 Å². The molecule has 1 aliphatic heterocycles. The van der Waals surface area contributed by atoms with E-state index in [0.717, 1.165) is 30.8 Å². The molecule has 3 aromatic rings. The molecule has 1 saturated heterocycles. The van der Waals surface area contributed by atoms with Crippen LogP contribution >= 0.6 is 11.6 Å². The molecular weight excluding hydrogens is 526 g/mol. The molecule has 1 heterocycles. The highest BCUT2D eigenvalue weighted by atomic mass is 35.5. The Morgan fingerprint density at radius 2 is 1.68 bits per heavy atom. The number of hydrogen-bond donors (Lipinski definition) is 2. The number of amides is 1. The van der Waals surface area contributed by atoms with Crippen LogP contribution in [0.5, 0.6) is 5.75 Å². The fourth-order valence-corrected chi connectivity index (χ4v) is 4.99. The quantitative estimate of drug-likeness (QED) is 0.149. The largest absolute Gasteiger partial charge is 0.423 e. The molecule has 0 aromatic heterocycles. The number of aliphatic imine (C=N–C) groups is 1. The predicted octanol–water partition coefficient (Wildman–Crippen LogP) is 4.91. The maximum absolute atomic E-state index is 13.3. The van der Waals surface area contributed by atoms with Gasteiger partial charge in [0.2, 0.25) is 5.91 Å². The Labute approximate surface area is 240 Å². The summed E-state index contributed by atoms with van der Waals surface area (Å²) in [7, 11) is 0. The minimum absolute atomic E-state index is 0.0619. The number of guanidine groups is 1. The summed E-state index contributed by atoms with van der Waals surface area (Å²) >= 11 is 6.52. The summed E-state index contributed by atoms with van der Waals surface area (Å²) in [5.41, 5.74) is 13.6. The van der Waals surface area contributed by atoms with Gasteiger partial charge in [0.25, 0.3) is 0 Å². The number of aryl methyl sites for hydroxylation is 1. The zero-order valence-corrected chi connectivity index (χ0v) is 23.4. The van der Waals surface area contributed by atoms with Gasteiger partial charge < -0.3 is 26.0 Å². The molecule has 0 aliphatic carbocycles. The molecule has 1 amide bonds. The zero-order chi connectivity index (χ0) is 28.3. The molecule has 40 heavy (non-hydrogen) atoms. The van der Waals surface area contributed by atoms with Crippen LogP contribution in [0.25, 0.3) is 0 Å². The number of nitrogens with two attached hydrogens (primary N) is 2. The van der Waals surface area contributed by atoms with Crippen molar-refractivity contribution in [1.82, 2.24) is 9.80 Å². The summed E-state index contributed by atoms with van der Waals surface area (Å²) in [6, 6.07) is 21.6. The minimum atomic E-state index is -0.527. The maximum Gasteiger partial charge on any atom is 0.343 e. The lowest BCUT2D eigenvalue weighted by atomic mass is 10.1. The molecule has 0 unspecified atom stereocenters. The lowest BCUT2D eigenvalue weighted by molar-refractivity contribution is -0.132. The summed E-state index contributed by atoms with van der Waals surface area (Å²) in [6.45, 7) is 4.37. The maximum atomic E-state index is 13.3. The Morgan fingerprint density at radius 3 is 2.35 bits per heavy atom. The van der Waals surface area contributed by atoms with Gasteiger partial charge in [-0.3, -0.25) is 4.79 Å². The van der Waals surface area contributed by atoms with Crippen LogP contribution in [0.15, 0.2) is 77.8 Å². The van der Waals surface area contributed by atoms with E-state index in [1.165, 1.54) is 19.3 Å². The van der Waals surface area contributed by atoms with Crippen LogP contribution in [-0.4, -0.2) is 53.8 Å². The number of carbonyl (C=O) groups excluding carboxylic acids is 2. The highest BCUT2D eigenvalue weighted by Gasteiger charge is 2.18. The van der Waals surface area contributed by atoms with E-state index in [1.807, 2.05) is 23.1 Å². The molecule has 1 fully saturated rings. The van der Waals surface area contributed by atoms with Gasteiger partial charge in [-0.05, 0) is 79.9 Å². The van der Waals surface area contributed by atoms with E-state index < -0.39 is 5.97 Å². The van der Waals surface area contributed by atoms with Crippen molar-refractivity contribution in [1.29, 1.82) is 0 Å². The third-order valence-electron chi connectivity index (χ3n) is 6.91. The molecule has 210 valence electrons. The van der Waals surface area contributed by atoms with E-state index in [0.29, 0.717) is 48.0 Å². The van der Waals surface area contributed by atoms with E-state index in [-0.39, 0.29) is 11.9 Å². The molecule has 8 nitrogen and oxygen atoms in total. The second kappa shape index (κ2) is 14.5. The Kier molecular flexibility index (Phi) is 10.5. The van der Waals surface area contributed by atoms with E-state index >= 15 is 0 Å². The zero-order valence-electron chi connectivity index (χ0n) is 22.6. The second-order valence-electron chi connectivity index (χ2n) is 9.93. The van der Waals surface area contributed by atoms with Gasteiger partial charge in [0.05, 0.1) is 11.3 Å². The first-order chi connectivity index (χ1) is 19.4. The molecule has 1 aliphatic rings. The van der Waals surface area contributed by atoms with Crippen molar-refractivity contribution in [3.63, 3.8) is 0 Å². The summed E-state index contributed by atoms with van der Waals surface area (Å²) in [5, 5.41) is 0.448. The van der Waals surface area contributed by atoms with E-state index in [2.05, 4.69) is 22.0 Å². The van der Waals surface area contributed by atoms with Crippen molar-refractivity contribution < 1.29 is 14.3 Å².